The number of rotatable bonds is 5. The number of aromatic nitrogens is 3. The van der Waals surface area contributed by atoms with E-state index in [0.717, 1.165) is 0 Å². The number of halogens is 1. The summed E-state index contributed by atoms with van der Waals surface area (Å²) in [4.78, 5) is 10.8. The predicted molar refractivity (Wildman–Crippen MR) is 94.7 cm³/mol. The van der Waals surface area contributed by atoms with Crippen LogP contribution in [0, 0.1) is 5.82 Å². The molecule has 1 aromatic carbocycles. The summed E-state index contributed by atoms with van der Waals surface area (Å²) < 4.78 is 30.5. The maximum atomic E-state index is 14.5. The van der Waals surface area contributed by atoms with Crippen LogP contribution in [0.4, 0.5) is 4.39 Å². The number of hydrogen-bond donors (Lipinski definition) is 0. The summed E-state index contributed by atoms with van der Waals surface area (Å²) in [5, 5.41) is 4.07. The summed E-state index contributed by atoms with van der Waals surface area (Å²) in [5.74, 6) is 0.933. The van der Waals surface area contributed by atoms with Crippen molar-refractivity contribution in [3.8, 4) is 17.3 Å². The Labute approximate surface area is 155 Å². The van der Waals surface area contributed by atoms with E-state index in [1.807, 2.05) is 0 Å². The Morgan fingerprint density at radius 1 is 1.15 bits per heavy atom. The van der Waals surface area contributed by atoms with Crippen LogP contribution in [-0.4, -0.2) is 53.4 Å². The average molecular weight is 370 g/mol. The second-order valence-electron chi connectivity index (χ2n) is 6.12. The van der Waals surface area contributed by atoms with Crippen LogP contribution in [0.1, 0.15) is 17.5 Å². The Balaban J connectivity index is 1.70. The van der Waals surface area contributed by atoms with Gasteiger partial charge in [0.1, 0.15) is 11.9 Å². The zero-order valence-corrected chi connectivity index (χ0v) is 14.8. The second kappa shape index (κ2) is 7.81. The molecule has 1 unspecified atom stereocenters. The Hall–Kier alpha value is -2.84. The molecule has 3 heterocycles. The smallest absolute Gasteiger partial charge is 0.249 e. The lowest BCUT2D eigenvalue weighted by atomic mass is 10.0. The normalized spacial score (nSPS) is 16.2. The van der Waals surface area contributed by atoms with Gasteiger partial charge in [-0.3, -0.25) is 4.90 Å². The minimum absolute atomic E-state index is 0.306. The monoisotopic (exact) mass is 370 g/mol. The maximum absolute atomic E-state index is 14.5. The highest BCUT2D eigenvalue weighted by Crippen LogP contribution is 2.31. The third kappa shape index (κ3) is 3.67. The predicted octanol–water partition coefficient (Wildman–Crippen LogP) is 2.70. The van der Waals surface area contributed by atoms with E-state index >= 15 is 0 Å². The zero-order chi connectivity index (χ0) is 18.6. The van der Waals surface area contributed by atoms with E-state index in [2.05, 4.69) is 20.0 Å². The van der Waals surface area contributed by atoms with E-state index in [1.165, 1.54) is 6.07 Å². The molecular weight excluding hydrogens is 351 g/mol. The molecule has 0 radical (unpaired) electrons. The molecule has 0 N–H and O–H groups in total. The molecule has 0 amide bonds. The molecule has 2 aromatic heterocycles. The summed E-state index contributed by atoms with van der Waals surface area (Å²) in [5.41, 5.74) is 1.20. The number of benzene rings is 1. The molecule has 0 spiro atoms. The van der Waals surface area contributed by atoms with Crippen LogP contribution in [-0.2, 0) is 4.74 Å². The Morgan fingerprint density at radius 2 is 1.96 bits per heavy atom. The lowest BCUT2D eigenvalue weighted by molar-refractivity contribution is 0.0174. The fraction of sp³-hybridized carbons (Fsp3) is 0.316. The van der Waals surface area contributed by atoms with Crippen molar-refractivity contribution in [3.63, 3.8) is 0 Å². The summed E-state index contributed by atoms with van der Waals surface area (Å²) >= 11 is 0. The summed E-state index contributed by atoms with van der Waals surface area (Å²) in [6, 6.07) is 9.70. The number of pyridine rings is 1. The van der Waals surface area contributed by atoms with Crippen LogP contribution in [0.25, 0.3) is 11.4 Å². The SMILES string of the molecule is COc1ccc(-c2noc(C(c3ccccc3F)N3CCOCC3)n2)cn1. The molecule has 27 heavy (non-hydrogen) atoms. The van der Waals surface area contributed by atoms with Gasteiger partial charge in [0.15, 0.2) is 0 Å². The van der Waals surface area contributed by atoms with E-state index in [-0.39, 0.29) is 5.82 Å². The van der Waals surface area contributed by atoms with Crippen molar-refractivity contribution in [1.29, 1.82) is 0 Å². The fourth-order valence-corrected chi connectivity index (χ4v) is 3.12. The van der Waals surface area contributed by atoms with Crippen LogP contribution in [0.2, 0.25) is 0 Å². The summed E-state index contributed by atoms with van der Waals surface area (Å²) in [6.07, 6.45) is 1.61. The first-order valence-electron chi connectivity index (χ1n) is 8.66. The molecule has 7 nitrogen and oxygen atoms in total. The lowest BCUT2D eigenvalue weighted by Gasteiger charge is -2.32. The highest BCUT2D eigenvalue weighted by Gasteiger charge is 2.31. The van der Waals surface area contributed by atoms with Crippen LogP contribution >= 0.6 is 0 Å². The van der Waals surface area contributed by atoms with Gasteiger partial charge in [-0.05, 0) is 12.1 Å². The van der Waals surface area contributed by atoms with Crippen molar-refractivity contribution >= 4 is 0 Å². The minimum atomic E-state index is -0.470. The van der Waals surface area contributed by atoms with Gasteiger partial charge < -0.3 is 14.0 Å². The molecule has 0 saturated carbocycles. The average Bonchev–Trinajstić information content (AvgIpc) is 3.20. The van der Waals surface area contributed by atoms with Crippen LogP contribution in [0.3, 0.4) is 0 Å². The maximum Gasteiger partial charge on any atom is 0.249 e. The first-order valence-corrected chi connectivity index (χ1v) is 8.66. The van der Waals surface area contributed by atoms with Crippen LogP contribution in [0.15, 0.2) is 47.1 Å². The summed E-state index contributed by atoms with van der Waals surface area (Å²) in [7, 11) is 1.55. The number of methoxy groups -OCH3 is 1. The summed E-state index contributed by atoms with van der Waals surface area (Å²) in [6.45, 7) is 2.46. The highest BCUT2D eigenvalue weighted by molar-refractivity contribution is 5.53. The zero-order valence-electron chi connectivity index (χ0n) is 14.8. The molecule has 0 aliphatic carbocycles. The van der Waals surface area contributed by atoms with Gasteiger partial charge in [-0.25, -0.2) is 9.37 Å². The third-order valence-corrected chi connectivity index (χ3v) is 4.49. The van der Waals surface area contributed by atoms with Gasteiger partial charge in [0.05, 0.1) is 20.3 Å². The van der Waals surface area contributed by atoms with Crippen molar-refractivity contribution < 1.29 is 18.4 Å². The molecule has 8 heteroatoms. The topological polar surface area (TPSA) is 73.5 Å². The fourth-order valence-electron chi connectivity index (χ4n) is 3.12. The van der Waals surface area contributed by atoms with Gasteiger partial charge in [-0.1, -0.05) is 23.4 Å². The second-order valence-corrected chi connectivity index (χ2v) is 6.12. The van der Waals surface area contributed by atoms with Crippen molar-refractivity contribution in [3.05, 3.63) is 59.9 Å². The minimum Gasteiger partial charge on any atom is -0.481 e. The first-order chi connectivity index (χ1) is 13.3. The third-order valence-electron chi connectivity index (χ3n) is 4.49. The van der Waals surface area contributed by atoms with Crippen molar-refractivity contribution in [2.75, 3.05) is 33.4 Å². The standard InChI is InChI=1S/C19H19FN4O3/c1-25-16-7-6-13(12-21-16)18-22-19(27-23-18)17(24-8-10-26-11-9-24)14-4-2-3-5-15(14)20/h2-7,12,17H,8-11H2,1H3. The van der Waals surface area contributed by atoms with Crippen LogP contribution in [0.5, 0.6) is 5.88 Å². The molecule has 3 aromatic rings. The molecular formula is C19H19FN4O3. The molecule has 1 aliphatic rings. The molecule has 140 valence electrons. The Bertz CT molecular complexity index is 894. The number of morpholine rings is 1. The quantitative estimate of drug-likeness (QED) is 0.684. The van der Waals surface area contributed by atoms with Crippen molar-refractivity contribution in [2.24, 2.45) is 0 Å². The number of nitrogens with zero attached hydrogens (tertiary/aromatic N) is 4. The molecule has 4 rings (SSSR count). The molecule has 1 saturated heterocycles. The Kier molecular flexibility index (Phi) is 5.08. The Morgan fingerprint density at radius 3 is 2.67 bits per heavy atom. The van der Waals surface area contributed by atoms with Gasteiger partial charge in [-0.2, -0.15) is 4.98 Å². The van der Waals surface area contributed by atoms with Gasteiger partial charge in [0, 0.05) is 36.5 Å². The lowest BCUT2D eigenvalue weighted by Crippen LogP contribution is -2.40. The van der Waals surface area contributed by atoms with Gasteiger partial charge in [0.25, 0.3) is 0 Å². The molecule has 0 bridgehead atoms. The van der Waals surface area contributed by atoms with Gasteiger partial charge >= 0.3 is 0 Å². The van der Waals surface area contributed by atoms with Crippen molar-refractivity contribution in [1.82, 2.24) is 20.0 Å². The molecule has 1 atom stereocenters. The van der Waals surface area contributed by atoms with Crippen molar-refractivity contribution in [2.45, 2.75) is 6.04 Å². The van der Waals surface area contributed by atoms with E-state index in [9.17, 15) is 4.39 Å². The van der Waals surface area contributed by atoms with Gasteiger partial charge in [-0.15, -0.1) is 0 Å². The molecule has 1 fully saturated rings. The van der Waals surface area contributed by atoms with E-state index in [4.69, 9.17) is 14.0 Å². The van der Waals surface area contributed by atoms with E-state index in [0.29, 0.717) is 55.0 Å². The van der Waals surface area contributed by atoms with E-state index in [1.54, 1.807) is 43.6 Å². The molecule has 1 aliphatic heterocycles. The largest absolute Gasteiger partial charge is 0.481 e. The first kappa shape index (κ1) is 17.6. The number of ether oxygens (including phenoxy) is 2. The van der Waals surface area contributed by atoms with Crippen LogP contribution < -0.4 is 4.74 Å². The van der Waals surface area contributed by atoms with E-state index < -0.39 is 6.04 Å². The van der Waals surface area contributed by atoms with Gasteiger partial charge in [0.2, 0.25) is 17.6 Å². The number of hydrogen-bond acceptors (Lipinski definition) is 7. The highest BCUT2D eigenvalue weighted by atomic mass is 19.1.